The van der Waals surface area contributed by atoms with Crippen molar-refractivity contribution in [3.05, 3.63) is 41.2 Å². The van der Waals surface area contributed by atoms with Crippen LogP contribution in [0.5, 0.6) is 0 Å². The second-order valence-electron chi connectivity index (χ2n) is 6.59. The summed E-state index contributed by atoms with van der Waals surface area (Å²) in [5, 5.41) is 12.1. The molecule has 128 valence electrons. The third-order valence-corrected chi connectivity index (χ3v) is 4.44. The van der Waals surface area contributed by atoms with Gasteiger partial charge in [0.05, 0.1) is 29.7 Å². The maximum absolute atomic E-state index is 12.2. The van der Waals surface area contributed by atoms with Gasteiger partial charge in [0.15, 0.2) is 5.69 Å². The summed E-state index contributed by atoms with van der Waals surface area (Å²) in [5.41, 5.74) is 8.00. The van der Waals surface area contributed by atoms with Crippen molar-refractivity contribution >= 4 is 23.3 Å². The molecule has 1 amide bonds. The normalized spacial score (nSPS) is 15.0. The predicted octanol–water partition coefficient (Wildman–Crippen LogP) is 2.34. The number of anilines is 2. The smallest absolute Gasteiger partial charge is 0.357 e. The Balaban J connectivity index is 2.32. The molecule has 2 heterocycles. The Morgan fingerprint density at radius 3 is 2.80 bits per heavy atom. The van der Waals surface area contributed by atoms with E-state index < -0.39 is 5.97 Å². The number of hydrogen-bond acceptors (Lipinski definition) is 5. The highest BCUT2D eigenvalue weighted by molar-refractivity contribution is 6.00. The van der Waals surface area contributed by atoms with Gasteiger partial charge in [0.25, 0.3) is 0 Å². The molecular weight excluding hydrogens is 320 g/mol. The van der Waals surface area contributed by atoms with E-state index in [1.807, 2.05) is 32.0 Å². The molecule has 0 aliphatic carbocycles. The highest BCUT2D eigenvalue weighted by atomic mass is 16.5. The fourth-order valence-corrected chi connectivity index (χ4v) is 3.22. The molecule has 0 spiro atoms. The number of esters is 1. The minimum atomic E-state index is -0.655. The van der Waals surface area contributed by atoms with Crippen molar-refractivity contribution in [2.24, 2.45) is 0 Å². The molecule has 2 aromatic rings. The third kappa shape index (κ3) is 2.52. The summed E-state index contributed by atoms with van der Waals surface area (Å²) in [6.07, 6.45) is 1.84. The van der Waals surface area contributed by atoms with E-state index in [0.29, 0.717) is 17.8 Å². The maximum Gasteiger partial charge on any atom is 0.357 e. The number of aromatic nitrogens is 1. The summed E-state index contributed by atoms with van der Waals surface area (Å²) in [7, 11) is 1.25. The molecule has 0 saturated carbocycles. The topological polar surface area (TPSA) is 110 Å². The van der Waals surface area contributed by atoms with Gasteiger partial charge in [0, 0.05) is 18.0 Å². The Morgan fingerprint density at radius 2 is 2.16 bits per heavy atom. The minimum absolute atomic E-state index is 0.0494. The molecule has 7 nitrogen and oxygen atoms in total. The van der Waals surface area contributed by atoms with Gasteiger partial charge in [-0.2, -0.15) is 5.26 Å². The lowest BCUT2D eigenvalue weighted by molar-refractivity contribution is -0.117. The first-order chi connectivity index (χ1) is 11.8. The van der Waals surface area contributed by atoms with Crippen LogP contribution in [0, 0.1) is 11.3 Å². The van der Waals surface area contributed by atoms with Crippen LogP contribution in [-0.2, 0) is 14.9 Å². The van der Waals surface area contributed by atoms with E-state index in [-0.39, 0.29) is 28.3 Å². The summed E-state index contributed by atoms with van der Waals surface area (Å²) < 4.78 is 6.31. The van der Waals surface area contributed by atoms with Crippen molar-refractivity contribution in [1.82, 2.24) is 4.57 Å². The monoisotopic (exact) mass is 338 g/mol. The lowest BCUT2D eigenvalue weighted by Crippen LogP contribution is -2.33. The highest BCUT2D eigenvalue weighted by Crippen LogP contribution is 2.41. The number of nitrogens with one attached hydrogen (secondary N) is 1. The number of rotatable bonds is 2. The fraction of sp³-hybridized carbons (Fsp3) is 0.278. The van der Waals surface area contributed by atoms with Gasteiger partial charge < -0.3 is 20.4 Å². The van der Waals surface area contributed by atoms with Gasteiger partial charge in [-0.05, 0) is 11.6 Å². The Kier molecular flexibility index (Phi) is 3.76. The Bertz CT molecular complexity index is 935. The van der Waals surface area contributed by atoms with Crippen molar-refractivity contribution in [1.29, 1.82) is 5.26 Å². The molecule has 0 unspecified atom stereocenters. The Labute approximate surface area is 145 Å². The van der Waals surface area contributed by atoms with E-state index in [9.17, 15) is 14.9 Å². The average Bonchev–Trinajstić information content (AvgIpc) is 2.89. The van der Waals surface area contributed by atoms with Crippen LogP contribution in [0.2, 0.25) is 0 Å². The molecule has 0 saturated heterocycles. The maximum atomic E-state index is 12.2. The number of hydrogen-bond donors (Lipinski definition) is 2. The number of carbonyl (C=O) groups is 2. The summed E-state index contributed by atoms with van der Waals surface area (Å²) in [6, 6.07) is 7.51. The SMILES string of the molecule is COC(=O)c1c(N)c(C#N)cn1-c1cccc2c1NC(=O)CC2(C)C. The van der Waals surface area contributed by atoms with Crippen LogP contribution in [0.4, 0.5) is 11.4 Å². The largest absolute Gasteiger partial charge is 0.464 e. The van der Waals surface area contributed by atoms with E-state index in [4.69, 9.17) is 10.5 Å². The molecule has 1 aliphatic rings. The molecule has 3 N–H and O–H groups in total. The van der Waals surface area contributed by atoms with Crippen LogP contribution in [0.25, 0.3) is 5.69 Å². The van der Waals surface area contributed by atoms with Gasteiger partial charge in [0.1, 0.15) is 6.07 Å². The first-order valence-corrected chi connectivity index (χ1v) is 7.73. The number of fused-ring (bicyclic) bond motifs is 1. The number of nitriles is 1. The average molecular weight is 338 g/mol. The van der Waals surface area contributed by atoms with Crippen LogP contribution < -0.4 is 11.1 Å². The van der Waals surface area contributed by atoms with E-state index in [0.717, 1.165) is 5.56 Å². The zero-order chi connectivity index (χ0) is 18.4. The van der Waals surface area contributed by atoms with E-state index in [2.05, 4.69) is 5.32 Å². The summed E-state index contributed by atoms with van der Waals surface area (Å²) in [6.45, 7) is 3.97. The fourth-order valence-electron chi connectivity index (χ4n) is 3.22. The first kappa shape index (κ1) is 16.6. The Hall–Kier alpha value is -3.27. The van der Waals surface area contributed by atoms with Crippen molar-refractivity contribution in [3.8, 4) is 11.8 Å². The Morgan fingerprint density at radius 1 is 1.44 bits per heavy atom. The molecular formula is C18H18N4O3. The molecule has 0 radical (unpaired) electrons. The van der Waals surface area contributed by atoms with Crippen LogP contribution in [0.3, 0.4) is 0 Å². The molecule has 1 aliphatic heterocycles. The second-order valence-corrected chi connectivity index (χ2v) is 6.59. The number of ether oxygens (including phenoxy) is 1. The van der Waals surface area contributed by atoms with Gasteiger partial charge in [0.2, 0.25) is 5.91 Å². The van der Waals surface area contributed by atoms with E-state index >= 15 is 0 Å². The lowest BCUT2D eigenvalue weighted by Gasteiger charge is -2.33. The number of nitrogen functional groups attached to an aromatic ring is 1. The van der Waals surface area contributed by atoms with Crippen molar-refractivity contribution in [2.45, 2.75) is 25.7 Å². The summed E-state index contributed by atoms with van der Waals surface area (Å²) in [5.74, 6) is -0.761. The number of benzene rings is 1. The molecule has 25 heavy (non-hydrogen) atoms. The van der Waals surface area contributed by atoms with Crippen LogP contribution in [0.15, 0.2) is 24.4 Å². The van der Waals surface area contributed by atoms with Gasteiger partial charge in [-0.25, -0.2) is 4.79 Å². The molecule has 3 rings (SSSR count). The number of carbonyl (C=O) groups excluding carboxylic acids is 2. The second kappa shape index (κ2) is 5.67. The predicted molar refractivity (Wildman–Crippen MR) is 92.5 cm³/mol. The molecule has 0 atom stereocenters. The number of nitrogens with zero attached hydrogens (tertiary/aromatic N) is 2. The number of amides is 1. The van der Waals surface area contributed by atoms with Crippen molar-refractivity contribution in [3.63, 3.8) is 0 Å². The molecule has 1 aromatic carbocycles. The standard InChI is InChI=1S/C18H18N4O3/c1-18(2)7-13(23)21-15-11(18)5-4-6-12(15)22-9-10(8-19)14(20)16(22)17(24)25-3/h4-6,9H,7,20H2,1-3H3,(H,21,23). The zero-order valence-electron chi connectivity index (χ0n) is 14.2. The van der Waals surface area contributed by atoms with Gasteiger partial charge in [-0.3, -0.25) is 4.79 Å². The number of nitrogens with two attached hydrogens (primary N) is 1. The summed E-state index contributed by atoms with van der Waals surface area (Å²) in [4.78, 5) is 24.3. The molecule has 7 heteroatoms. The quantitative estimate of drug-likeness (QED) is 0.817. The lowest BCUT2D eigenvalue weighted by atomic mass is 9.77. The first-order valence-electron chi connectivity index (χ1n) is 7.73. The molecule has 0 fully saturated rings. The van der Waals surface area contributed by atoms with Crippen LogP contribution in [0.1, 0.15) is 41.9 Å². The van der Waals surface area contributed by atoms with E-state index in [1.54, 1.807) is 6.07 Å². The van der Waals surface area contributed by atoms with Crippen LogP contribution in [-0.4, -0.2) is 23.6 Å². The van der Waals surface area contributed by atoms with Gasteiger partial charge in [-0.15, -0.1) is 0 Å². The van der Waals surface area contributed by atoms with Crippen molar-refractivity contribution < 1.29 is 14.3 Å². The third-order valence-electron chi connectivity index (χ3n) is 4.44. The van der Waals surface area contributed by atoms with Gasteiger partial charge >= 0.3 is 5.97 Å². The number of methoxy groups -OCH3 is 1. The summed E-state index contributed by atoms with van der Waals surface area (Å²) >= 11 is 0. The number of para-hydroxylation sites is 1. The molecule has 0 bridgehead atoms. The van der Waals surface area contributed by atoms with Gasteiger partial charge in [-0.1, -0.05) is 26.0 Å². The molecule has 1 aromatic heterocycles. The highest BCUT2D eigenvalue weighted by Gasteiger charge is 2.34. The van der Waals surface area contributed by atoms with Crippen LogP contribution >= 0.6 is 0 Å². The minimum Gasteiger partial charge on any atom is -0.464 e. The van der Waals surface area contributed by atoms with Crippen molar-refractivity contribution in [2.75, 3.05) is 18.2 Å². The zero-order valence-corrected chi connectivity index (χ0v) is 14.2. The van der Waals surface area contributed by atoms with E-state index in [1.165, 1.54) is 17.9 Å².